The first-order chi connectivity index (χ1) is 28.0. The quantitative estimate of drug-likeness (QED) is 0.0239. The predicted molar refractivity (Wildman–Crippen MR) is 210 cm³/mol. The number of oxime groups is 1. The second-order valence-corrected chi connectivity index (χ2v) is 12.5. The highest BCUT2D eigenvalue weighted by Gasteiger charge is 2.25. The summed E-state index contributed by atoms with van der Waals surface area (Å²) in [5.41, 5.74) is 3.45. The Labute approximate surface area is 329 Å². The zero-order chi connectivity index (χ0) is 39.7. The first kappa shape index (κ1) is 39.3. The molecule has 11 nitrogen and oxygen atoms in total. The fourth-order valence-corrected chi connectivity index (χ4v) is 5.51. The molecule has 11 heteroatoms. The zero-order valence-electron chi connectivity index (χ0n) is 30.8. The lowest BCUT2D eigenvalue weighted by Gasteiger charge is -2.16. The van der Waals surface area contributed by atoms with Crippen LogP contribution in [0.1, 0.15) is 55.8 Å². The van der Waals surface area contributed by atoms with Gasteiger partial charge in [0.1, 0.15) is 37.6 Å². The average molecular weight is 766 g/mol. The van der Waals surface area contributed by atoms with E-state index < -0.39 is 30.2 Å². The molecular weight excluding hydrogens is 727 g/mol. The molecule has 0 heterocycles. The maximum Gasteiger partial charge on any atom is 0.349 e. The highest BCUT2D eigenvalue weighted by atomic mass is 16.6. The summed E-state index contributed by atoms with van der Waals surface area (Å²) in [6.45, 7) is 0.642. The first-order valence-corrected chi connectivity index (χ1v) is 18.1. The van der Waals surface area contributed by atoms with Gasteiger partial charge in [-0.25, -0.2) is 9.59 Å². The van der Waals surface area contributed by atoms with E-state index in [1.54, 1.807) is 24.3 Å². The van der Waals surface area contributed by atoms with Gasteiger partial charge in [-0.1, -0.05) is 139 Å². The van der Waals surface area contributed by atoms with Crippen LogP contribution < -0.4 is 18.9 Å². The van der Waals surface area contributed by atoms with Crippen LogP contribution in [0.5, 0.6) is 23.0 Å². The zero-order valence-corrected chi connectivity index (χ0v) is 30.8. The van der Waals surface area contributed by atoms with Crippen LogP contribution in [0.25, 0.3) is 0 Å². The topological polar surface area (TPSA) is 139 Å². The summed E-state index contributed by atoms with van der Waals surface area (Å²) < 4.78 is 34.8. The lowest BCUT2D eigenvalue weighted by Crippen LogP contribution is -2.18. The van der Waals surface area contributed by atoms with Crippen molar-refractivity contribution >= 4 is 23.8 Å². The van der Waals surface area contributed by atoms with Gasteiger partial charge in [0.2, 0.25) is 5.90 Å². The maximum absolute atomic E-state index is 13.5. The van der Waals surface area contributed by atoms with E-state index in [1.807, 2.05) is 121 Å². The molecule has 0 radical (unpaired) electrons. The van der Waals surface area contributed by atoms with E-state index in [9.17, 15) is 19.6 Å². The maximum atomic E-state index is 13.5. The molecule has 288 valence electrons. The minimum atomic E-state index is -0.986. The van der Waals surface area contributed by atoms with E-state index in [2.05, 4.69) is 5.16 Å². The molecule has 0 aromatic heterocycles. The molecule has 0 spiro atoms. The Bertz CT molecular complexity index is 2260. The number of rotatable bonds is 17. The highest BCUT2D eigenvalue weighted by Crippen LogP contribution is 2.35. The molecule has 0 fully saturated rings. The van der Waals surface area contributed by atoms with E-state index in [-0.39, 0.29) is 67.0 Å². The molecule has 6 aromatic carbocycles. The molecule has 0 bridgehead atoms. The molecule has 0 aliphatic heterocycles. The molecular formula is C46H39NO10. The van der Waals surface area contributed by atoms with Crippen LogP contribution in [-0.2, 0) is 40.7 Å². The van der Waals surface area contributed by atoms with Gasteiger partial charge in [0, 0.05) is 6.42 Å². The average Bonchev–Trinajstić information content (AvgIpc) is 3.26. The smallest absolute Gasteiger partial charge is 0.349 e. The predicted octanol–water partition coefficient (Wildman–Crippen LogP) is 9.11. The molecule has 0 atom stereocenters. The van der Waals surface area contributed by atoms with Crippen LogP contribution >= 0.6 is 0 Å². The Morgan fingerprint density at radius 3 is 1.18 bits per heavy atom. The molecule has 57 heavy (non-hydrogen) atoms. The summed E-state index contributed by atoms with van der Waals surface area (Å²) in [5, 5.41) is 12.8. The Hall–Kier alpha value is -7.40. The van der Waals surface area contributed by atoms with Gasteiger partial charge in [0.25, 0.3) is 0 Å². The number of hydrogen-bond acceptors (Lipinski definition) is 11. The van der Waals surface area contributed by atoms with Crippen LogP contribution in [0.4, 0.5) is 0 Å². The SMILES string of the molecule is O=C(CC/C(=N/O)OC(=O)c1cccc(OCc2ccccc2)c1OCc1ccccc1)OC(=O)c1cccc(OCc2ccccc2)c1OCc1ccccc1. The van der Waals surface area contributed by atoms with E-state index in [0.29, 0.717) is 0 Å². The Morgan fingerprint density at radius 1 is 0.421 bits per heavy atom. The summed E-state index contributed by atoms with van der Waals surface area (Å²) >= 11 is 0. The van der Waals surface area contributed by atoms with Gasteiger partial charge in [0.15, 0.2) is 23.0 Å². The van der Waals surface area contributed by atoms with Gasteiger partial charge in [-0.05, 0) is 46.5 Å². The van der Waals surface area contributed by atoms with Crippen LogP contribution in [0.2, 0.25) is 0 Å². The van der Waals surface area contributed by atoms with Gasteiger partial charge in [-0.2, -0.15) is 0 Å². The fraction of sp³-hybridized carbons (Fsp3) is 0.130. The molecule has 6 rings (SSSR count). The number of nitrogens with zero attached hydrogens (tertiary/aromatic N) is 1. The van der Waals surface area contributed by atoms with Crippen LogP contribution in [0.15, 0.2) is 163 Å². The van der Waals surface area contributed by atoms with Crippen molar-refractivity contribution in [3.05, 3.63) is 191 Å². The molecule has 0 aliphatic rings. The third kappa shape index (κ3) is 11.5. The molecule has 0 unspecified atom stereocenters. The standard InChI is InChI=1S/C46H39NO10/c48-42(57-46(50)38-24-14-26-40(53-30-34-17-7-2-8-18-34)44(38)55-32-36-21-11-4-12-22-36)28-27-41(47-51)56-45(49)37-23-13-25-39(52-29-33-15-5-1-6-16-33)43(37)54-31-35-19-9-3-10-20-35/h1-26,51H,27-32H2/b47-41-. The minimum Gasteiger partial charge on any atom is -0.485 e. The summed E-state index contributed by atoms with van der Waals surface area (Å²) in [6, 6.07) is 47.1. The van der Waals surface area contributed by atoms with Gasteiger partial charge < -0.3 is 33.6 Å². The lowest BCUT2D eigenvalue weighted by molar-refractivity contribution is -0.137. The highest BCUT2D eigenvalue weighted by molar-refractivity contribution is 6.02. The number of ether oxygens (including phenoxy) is 6. The second-order valence-electron chi connectivity index (χ2n) is 12.5. The van der Waals surface area contributed by atoms with Gasteiger partial charge in [-0.3, -0.25) is 4.79 Å². The number of carbonyl (C=O) groups is 3. The van der Waals surface area contributed by atoms with E-state index in [1.165, 1.54) is 12.1 Å². The van der Waals surface area contributed by atoms with E-state index in [4.69, 9.17) is 28.4 Å². The Kier molecular flexibility index (Phi) is 14.0. The Balaban J connectivity index is 1.11. The summed E-state index contributed by atoms with van der Waals surface area (Å²) in [6.07, 6.45) is -0.850. The third-order valence-electron chi connectivity index (χ3n) is 8.40. The molecule has 1 N–H and O–H groups in total. The second kappa shape index (κ2) is 20.3. The molecule has 0 amide bonds. The number of para-hydroxylation sites is 2. The van der Waals surface area contributed by atoms with Crippen molar-refractivity contribution in [2.45, 2.75) is 39.3 Å². The monoisotopic (exact) mass is 765 g/mol. The molecule has 6 aromatic rings. The van der Waals surface area contributed by atoms with Crippen molar-refractivity contribution in [3.63, 3.8) is 0 Å². The van der Waals surface area contributed by atoms with Crippen LogP contribution in [0.3, 0.4) is 0 Å². The van der Waals surface area contributed by atoms with Gasteiger partial charge in [-0.15, -0.1) is 0 Å². The molecule has 0 aliphatic carbocycles. The van der Waals surface area contributed by atoms with Crippen molar-refractivity contribution in [3.8, 4) is 23.0 Å². The van der Waals surface area contributed by atoms with Gasteiger partial charge in [0.05, 0.1) is 6.42 Å². The number of carbonyl (C=O) groups excluding carboxylic acids is 3. The summed E-state index contributed by atoms with van der Waals surface area (Å²) in [5.74, 6) is -2.59. The fourth-order valence-electron chi connectivity index (χ4n) is 5.51. The summed E-state index contributed by atoms with van der Waals surface area (Å²) in [4.78, 5) is 39.9. The van der Waals surface area contributed by atoms with Crippen LogP contribution in [0, 0.1) is 0 Å². The van der Waals surface area contributed by atoms with Gasteiger partial charge >= 0.3 is 17.9 Å². The number of hydrogen-bond donors (Lipinski definition) is 1. The Morgan fingerprint density at radius 2 is 0.789 bits per heavy atom. The van der Waals surface area contributed by atoms with E-state index in [0.717, 1.165) is 22.3 Å². The van der Waals surface area contributed by atoms with Crippen molar-refractivity contribution in [1.82, 2.24) is 0 Å². The van der Waals surface area contributed by atoms with E-state index >= 15 is 0 Å². The number of benzene rings is 6. The largest absolute Gasteiger partial charge is 0.485 e. The lowest BCUT2D eigenvalue weighted by atomic mass is 10.1. The van der Waals surface area contributed by atoms with Crippen LogP contribution in [-0.4, -0.2) is 29.0 Å². The summed E-state index contributed by atoms with van der Waals surface area (Å²) in [7, 11) is 0. The number of esters is 3. The van der Waals surface area contributed by atoms with Crippen molar-refractivity contribution in [2.75, 3.05) is 0 Å². The van der Waals surface area contributed by atoms with Crippen molar-refractivity contribution in [1.29, 1.82) is 0 Å². The third-order valence-corrected chi connectivity index (χ3v) is 8.40. The normalized spacial score (nSPS) is 10.9. The molecule has 0 saturated carbocycles. The minimum absolute atomic E-state index is 0.00667. The van der Waals surface area contributed by atoms with Crippen molar-refractivity contribution in [2.24, 2.45) is 5.16 Å². The van der Waals surface area contributed by atoms with Crippen molar-refractivity contribution < 1.29 is 48.0 Å². The first-order valence-electron chi connectivity index (χ1n) is 18.1. The molecule has 0 saturated heterocycles.